The van der Waals surface area contributed by atoms with Crippen LogP contribution in [0.5, 0.6) is 0 Å². The van der Waals surface area contributed by atoms with E-state index < -0.39 is 0 Å². The molecule has 0 fully saturated rings. The summed E-state index contributed by atoms with van der Waals surface area (Å²) in [7, 11) is 0. The highest BCUT2D eigenvalue weighted by atomic mass is 32.1. The van der Waals surface area contributed by atoms with E-state index >= 15 is 0 Å². The van der Waals surface area contributed by atoms with Crippen molar-refractivity contribution in [1.29, 1.82) is 0 Å². The van der Waals surface area contributed by atoms with Crippen LogP contribution in [-0.2, 0) is 6.54 Å². The number of nitrogens with zero attached hydrogens (tertiary/aromatic N) is 2. The van der Waals surface area contributed by atoms with Crippen LogP contribution in [0.3, 0.4) is 0 Å². The standard InChI is InChI=1S/C13H19N3S2/c1-9(2)16(8-11-5-4-6-17-11)13-15-7-12(18-13)10(3)14/h4-7,9-10H,8,14H2,1-3H3. The molecule has 2 rings (SSSR count). The van der Waals surface area contributed by atoms with Gasteiger partial charge >= 0.3 is 0 Å². The molecule has 5 heteroatoms. The van der Waals surface area contributed by atoms with Gasteiger partial charge in [-0.25, -0.2) is 4.98 Å². The minimum absolute atomic E-state index is 0.0620. The molecule has 0 aromatic carbocycles. The van der Waals surface area contributed by atoms with Gasteiger partial charge < -0.3 is 10.6 Å². The lowest BCUT2D eigenvalue weighted by Gasteiger charge is -2.25. The summed E-state index contributed by atoms with van der Waals surface area (Å²) in [5.74, 6) is 0. The third-order valence-electron chi connectivity index (χ3n) is 2.74. The fraction of sp³-hybridized carbons (Fsp3) is 0.462. The maximum absolute atomic E-state index is 5.89. The van der Waals surface area contributed by atoms with E-state index in [4.69, 9.17) is 5.73 Å². The fourth-order valence-corrected chi connectivity index (χ4v) is 3.36. The Bertz CT molecular complexity index is 474. The average molecular weight is 281 g/mol. The van der Waals surface area contributed by atoms with Crippen molar-refractivity contribution in [2.75, 3.05) is 4.90 Å². The first-order valence-electron chi connectivity index (χ1n) is 6.08. The second-order valence-electron chi connectivity index (χ2n) is 4.63. The van der Waals surface area contributed by atoms with Gasteiger partial charge in [0.25, 0.3) is 0 Å². The maximum Gasteiger partial charge on any atom is 0.186 e. The molecule has 0 aliphatic rings. The lowest BCUT2D eigenvalue weighted by atomic mass is 10.3. The van der Waals surface area contributed by atoms with E-state index in [1.165, 1.54) is 4.88 Å². The summed E-state index contributed by atoms with van der Waals surface area (Å²) in [6, 6.07) is 4.75. The van der Waals surface area contributed by atoms with Gasteiger partial charge in [-0.15, -0.1) is 22.7 Å². The van der Waals surface area contributed by atoms with Crippen LogP contribution in [0, 0.1) is 0 Å². The number of hydrogen-bond acceptors (Lipinski definition) is 5. The third-order valence-corrected chi connectivity index (χ3v) is 4.83. The summed E-state index contributed by atoms with van der Waals surface area (Å²) < 4.78 is 0. The van der Waals surface area contributed by atoms with E-state index in [-0.39, 0.29) is 6.04 Å². The number of nitrogens with two attached hydrogens (primary N) is 1. The normalized spacial score (nSPS) is 12.9. The predicted octanol–water partition coefficient (Wildman–Crippen LogP) is 3.64. The van der Waals surface area contributed by atoms with Gasteiger partial charge in [0, 0.05) is 28.0 Å². The molecule has 2 N–H and O–H groups in total. The first-order chi connectivity index (χ1) is 8.58. The molecule has 1 unspecified atom stereocenters. The Morgan fingerprint density at radius 2 is 2.17 bits per heavy atom. The lowest BCUT2D eigenvalue weighted by Crippen LogP contribution is -2.29. The molecule has 0 bridgehead atoms. The van der Waals surface area contributed by atoms with Crippen LogP contribution < -0.4 is 10.6 Å². The zero-order valence-corrected chi connectivity index (χ0v) is 12.6. The van der Waals surface area contributed by atoms with Gasteiger partial charge in [-0.1, -0.05) is 6.07 Å². The summed E-state index contributed by atoms with van der Waals surface area (Å²) in [5.41, 5.74) is 5.89. The Hall–Kier alpha value is -0.910. The predicted molar refractivity (Wildman–Crippen MR) is 80.4 cm³/mol. The van der Waals surface area contributed by atoms with Gasteiger partial charge in [-0.2, -0.15) is 0 Å². The van der Waals surface area contributed by atoms with E-state index in [2.05, 4.69) is 41.2 Å². The second-order valence-corrected chi connectivity index (χ2v) is 6.71. The molecule has 1 atom stereocenters. The quantitative estimate of drug-likeness (QED) is 0.910. The van der Waals surface area contributed by atoms with Crippen LogP contribution in [0.2, 0.25) is 0 Å². The molecule has 2 aromatic heterocycles. The highest BCUT2D eigenvalue weighted by molar-refractivity contribution is 7.15. The molecule has 0 aliphatic carbocycles. The minimum Gasteiger partial charge on any atom is -0.341 e. The van der Waals surface area contributed by atoms with E-state index in [0.29, 0.717) is 6.04 Å². The van der Waals surface area contributed by atoms with Crippen molar-refractivity contribution in [2.24, 2.45) is 5.73 Å². The number of aromatic nitrogens is 1. The van der Waals surface area contributed by atoms with Crippen molar-refractivity contribution in [3.63, 3.8) is 0 Å². The van der Waals surface area contributed by atoms with Crippen LogP contribution in [0.4, 0.5) is 5.13 Å². The van der Waals surface area contributed by atoms with Gasteiger partial charge in [0.1, 0.15) is 0 Å². The van der Waals surface area contributed by atoms with Crippen LogP contribution in [-0.4, -0.2) is 11.0 Å². The highest BCUT2D eigenvalue weighted by Gasteiger charge is 2.16. The minimum atomic E-state index is 0.0620. The molecule has 18 heavy (non-hydrogen) atoms. The van der Waals surface area contributed by atoms with Gasteiger partial charge in [-0.05, 0) is 32.2 Å². The smallest absolute Gasteiger partial charge is 0.186 e. The first kappa shape index (κ1) is 13.5. The van der Waals surface area contributed by atoms with E-state index in [1.54, 1.807) is 22.7 Å². The summed E-state index contributed by atoms with van der Waals surface area (Å²) >= 11 is 3.48. The summed E-state index contributed by atoms with van der Waals surface area (Å²) in [4.78, 5) is 9.33. The van der Waals surface area contributed by atoms with Crippen LogP contribution in [0.1, 0.15) is 36.6 Å². The Morgan fingerprint density at radius 3 is 2.67 bits per heavy atom. The van der Waals surface area contributed by atoms with Crippen LogP contribution in [0.25, 0.3) is 0 Å². The molecular formula is C13H19N3S2. The topological polar surface area (TPSA) is 42.1 Å². The number of thiazole rings is 1. The molecule has 2 aromatic rings. The fourth-order valence-electron chi connectivity index (χ4n) is 1.66. The van der Waals surface area contributed by atoms with E-state index in [9.17, 15) is 0 Å². The summed E-state index contributed by atoms with van der Waals surface area (Å²) in [6.45, 7) is 7.30. The van der Waals surface area contributed by atoms with Gasteiger partial charge in [0.2, 0.25) is 0 Å². The van der Waals surface area contributed by atoms with Crippen molar-refractivity contribution in [1.82, 2.24) is 4.98 Å². The molecule has 0 aliphatic heterocycles. The number of thiophene rings is 1. The largest absolute Gasteiger partial charge is 0.341 e. The zero-order chi connectivity index (χ0) is 13.1. The van der Waals surface area contributed by atoms with Gasteiger partial charge in [0.15, 0.2) is 5.13 Å². The van der Waals surface area contributed by atoms with Crippen molar-refractivity contribution in [3.8, 4) is 0 Å². The van der Waals surface area contributed by atoms with Crippen molar-refractivity contribution in [3.05, 3.63) is 33.5 Å². The van der Waals surface area contributed by atoms with E-state index in [0.717, 1.165) is 16.6 Å². The highest BCUT2D eigenvalue weighted by Crippen LogP contribution is 2.29. The van der Waals surface area contributed by atoms with Crippen molar-refractivity contribution >= 4 is 27.8 Å². The molecule has 3 nitrogen and oxygen atoms in total. The lowest BCUT2D eigenvalue weighted by molar-refractivity contribution is 0.684. The molecule has 0 saturated carbocycles. The summed E-state index contributed by atoms with van der Waals surface area (Å²) in [5, 5.41) is 3.17. The second kappa shape index (κ2) is 5.82. The number of anilines is 1. The molecule has 0 radical (unpaired) electrons. The molecule has 2 heterocycles. The molecule has 0 saturated heterocycles. The Balaban J connectivity index is 2.18. The molecule has 0 amide bonds. The molecule has 98 valence electrons. The van der Waals surface area contributed by atoms with Crippen molar-refractivity contribution in [2.45, 2.75) is 39.4 Å². The van der Waals surface area contributed by atoms with Crippen LogP contribution in [0.15, 0.2) is 23.7 Å². The molecular weight excluding hydrogens is 262 g/mol. The SMILES string of the molecule is CC(N)c1cnc(N(Cc2cccs2)C(C)C)s1. The van der Waals surface area contributed by atoms with Crippen LogP contribution >= 0.6 is 22.7 Å². The van der Waals surface area contributed by atoms with Gasteiger partial charge in [-0.3, -0.25) is 0 Å². The number of rotatable bonds is 5. The Morgan fingerprint density at radius 1 is 1.39 bits per heavy atom. The monoisotopic (exact) mass is 281 g/mol. The summed E-state index contributed by atoms with van der Waals surface area (Å²) in [6.07, 6.45) is 1.90. The van der Waals surface area contributed by atoms with Crippen molar-refractivity contribution < 1.29 is 0 Å². The number of hydrogen-bond donors (Lipinski definition) is 1. The Labute approximate surface area is 116 Å². The third kappa shape index (κ3) is 3.10. The molecule has 0 spiro atoms. The average Bonchev–Trinajstić information content (AvgIpc) is 2.96. The Kier molecular flexibility index (Phi) is 4.37. The zero-order valence-electron chi connectivity index (χ0n) is 11.0. The first-order valence-corrected chi connectivity index (χ1v) is 7.78. The maximum atomic E-state index is 5.89. The van der Waals surface area contributed by atoms with E-state index in [1.807, 2.05) is 13.1 Å². The van der Waals surface area contributed by atoms with Gasteiger partial charge in [0.05, 0.1) is 6.54 Å².